The highest BCUT2D eigenvalue weighted by Crippen LogP contribution is 2.30. The van der Waals surface area contributed by atoms with Gasteiger partial charge < -0.3 is 14.9 Å². The average molecular weight is 344 g/mol. The molecular weight excluding hydrogens is 320 g/mol. The van der Waals surface area contributed by atoms with E-state index < -0.39 is 12.0 Å². The Hall–Kier alpha value is -2.25. The largest absolute Gasteiger partial charge is 0.391 e. The lowest BCUT2D eigenvalue weighted by molar-refractivity contribution is -0.128. The number of aromatic nitrogens is 2. The zero-order chi connectivity index (χ0) is 17.8. The number of aliphatic hydroxyl groups excluding tert-OH is 1. The summed E-state index contributed by atoms with van der Waals surface area (Å²) in [5.41, 5.74) is 1.19. The number of nitrogens with one attached hydrogen (secondary N) is 1. The van der Waals surface area contributed by atoms with Gasteiger partial charge in [0.05, 0.1) is 18.6 Å². The molecule has 7 nitrogen and oxygen atoms in total. The number of rotatable bonds is 6. The molecule has 1 aliphatic rings. The van der Waals surface area contributed by atoms with Gasteiger partial charge in [-0.25, -0.2) is 0 Å². The molecule has 0 saturated heterocycles. The van der Waals surface area contributed by atoms with E-state index in [0.29, 0.717) is 18.1 Å². The number of hydrogen-bond donors (Lipinski definition) is 2. The molecule has 1 heterocycles. The molecule has 1 aromatic carbocycles. The fraction of sp³-hybridized carbons (Fsp3) is 0.500. The molecule has 3 atom stereocenters. The second kappa shape index (κ2) is 7.76. The first-order valence-corrected chi connectivity index (χ1v) is 8.53. The van der Waals surface area contributed by atoms with Gasteiger partial charge in [0.25, 0.3) is 0 Å². The van der Waals surface area contributed by atoms with Crippen LogP contribution < -0.4 is 5.32 Å². The number of benzene rings is 1. The molecule has 0 bridgehead atoms. The van der Waals surface area contributed by atoms with Crippen LogP contribution >= 0.6 is 0 Å². The van der Waals surface area contributed by atoms with Gasteiger partial charge in [-0.05, 0) is 32.4 Å². The van der Waals surface area contributed by atoms with Crippen molar-refractivity contribution in [1.29, 1.82) is 0 Å². The van der Waals surface area contributed by atoms with E-state index in [4.69, 9.17) is 4.52 Å². The van der Waals surface area contributed by atoms with Crippen molar-refractivity contribution in [3.63, 3.8) is 0 Å². The molecule has 3 rings (SSSR count). The monoisotopic (exact) mass is 344 g/mol. The molecule has 0 unspecified atom stereocenters. The van der Waals surface area contributed by atoms with Gasteiger partial charge >= 0.3 is 0 Å². The number of likely N-dealkylation sites (N-methyl/N-ethyl adjacent to an activating group) is 1. The lowest BCUT2D eigenvalue weighted by Crippen LogP contribution is -2.43. The Bertz CT molecular complexity index is 703. The summed E-state index contributed by atoms with van der Waals surface area (Å²) in [4.78, 5) is 18.6. The lowest BCUT2D eigenvalue weighted by atomic mass is 10.0. The average Bonchev–Trinajstić information content (AvgIpc) is 3.19. The molecule has 1 saturated carbocycles. The molecule has 25 heavy (non-hydrogen) atoms. The minimum Gasteiger partial charge on any atom is -0.391 e. The molecular formula is C18H24N4O3. The Morgan fingerprint density at radius 1 is 1.36 bits per heavy atom. The van der Waals surface area contributed by atoms with E-state index in [9.17, 15) is 9.90 Å². The molecule has 0 aliphatic heterocycles. The van der Waals surface area contributed by atoms with Crippen molar-refractivity contribution in [3.05, 3.63) is 47.6 Å². The van der Waals surface area contributed by atoms with Crippen molar-refractivity contribution in [2.75, 3.05) is 7.05 Å². The molecule has 2 N–H and O–H groups in total. The summed E-state index contributed by atoms with van der Waals surface area (Å²) >= 11 is 0. The number of carbonyl (C=O) groups is 1. The van der Waals surface area contributed by atoms with Crippen LogP contribution in [0.5, 0.6) is 0 Å². The predicted molar refractivity (Wildman–Crippen MR) is 91.3 cm³/mol. The Kier molecular flexibility index (Phi) is 5.45. The Morgan fingerprint density at radius 3 is 2.80 bits per heavy atom. The van der Waals surface area contributed by atoms with Gasteiger partial charge in [0.1, 0.15) is 0 Å². The van der Waals surface area contributed by atoms with Crippen LogP contribution in [0.1, 0.15) is 30.1 Å². The van der Waals surface area contributed by atoms with Crippen LogP contribution in [0.2, 0.25) is 0 Å². The molecule has 0 spiro atoms. The molecule has 1 fully saturated rings. The fourth-order valence-corrected chi connectivity index (χ4v) is 3.42. The second-order valence-corrected chi connectivity index (χ2v) is 6.60. The smallest absolute Gasteiger partial charge is 0.246 e. The van der Waals surface area contributed by atoms with E-state index in [1.54, 1.807) is 6.92 Å². The first-order chi connectivity index (χ1) is 12.0. The van der Waals surface area contributed by atoms with E-state index in [0.717, 1.165) is 13.0 Å². The van der Waals surface area contributed by atoms with Gasteiger partial charge in [-0.3, -0.25) is 9.69 Å². The minimum absolute atomic E-state index is 0.0263. The number of aliphatic hydroxyl groups is 1. The van der Waals surface area contributed by atoms with Gasteiger partial charge in [0.2, 0.25) is 11.8 Å². The van der Waals surface area contributed by atoms with Crippen LogP contribution in [0.15, 0.2) is 34.9 Å². The van der Waals surface area contributed by atoms with Crippen LogP contribution in [-0.4, -0.2) is 45.2 Å². The highest BCUT2D eigenvalue weighted by molar-refractivity contribution is 5.79. The van der Waals surface area contributed by atoms with E-state index in [-0.39, 0.29) is 18.5 Å². The quantitative estimate of drug-likeness (QED) is 0.820. The normalized spacial score (nSPS) is 23.1. The highest BCUT2D eigenvalue weighted by atomic mass is 16.5. The Morgan fingerprint density at radius 2 is 2.12 bits per heavy atom. The summed E-state index contributed by atoms with van der Waals surface area (Å²) in [6, 6.07) is 10.1. The van der Waals surface area contributed by atoms with E-state index in [1.807, 2.05) is 25.2 Å². The second-order valence-electron chi connectivity index (χ2n) is 6.60. The Labute approximate surface area is 147 Å². The number of amides is 1. The minimum atomic E-state index is -0.682. The molecule has 1 amide bonds. The van der Waals surface area contributed by atoms with E-state index in [1.165, 1.54) is 5.56 Å². The lowest BCUT2D eigenvalue weighted by Gasteiger charge is -2.28. The van der Waals surface area contributed by atoms with Gasteiger partial charge in [-0.2, -0.15) is 4.98 Å². The van der Waals surface area contributed by atoms with Crippen LogP contribution in [-0.2, 0) is 17.9 Å². The maximum atomic E-state index is 12.4. The maximum Gasteiger partial charge on any atom is 0.246 e. The SMILES string of the molecule is Cc1noc(CNC(=O)[C@@H]2CC[C@@H](N(C)Cc3ccccc3)[C@H]2O)n1. The molecule has 134 valence electrons. The van der Waals surface area contributed by atoms with E-state index >= 15 is 0 Å². The topological polar surface area (TPSA) is 91.5 Å². The predicted octanol–water partition coefficient (Wildman–Crippen LogP) is 1.27. The highest BCUT2D eigenvalue weighted by Gasteiger charge is 2.40. The van der Waals surface area contributed by atoms with Crippen molar-refractivity contribution >= 4 is 5.91 Å². The zero-order valence-corrected chi connectivity index (χ0v) is 14.6. The fourth-order valence-electron chi connectivity index (χ4n) is 3.42. The van der Waals surface area contributed by atoms with E-state index in [2.05, 4.69) is 32.5 Å². The maximum absolute atomic E-state index is 12.4. The van der Waals surface area contributed by atoms with Gasteiger partial charge in [0.15, 0.2) is 5.82 Å². The van der Waals surface area contributed by atoms with Crippen molar-refractivity contribution in [1.82, 2.24) is 20.4 Å². The first-order valence-electron chi connectivity index (χ1n) is 8.53. The summed E-state index contributed by atoms with van der Waals surface area (Å²) in [6.45, 7) is 2.66. The standard InChI is InChI=1S/C18H24N4O3/c1-12-20-16(25-21-12)10-19-18(24)14-8-9-15(17(14)23)22(2)11-13-6-4-3-5-7-13/h3-7,14-15,17,23H,8-11H2,1-2H3,(H,19,24)/t14-,15-,17+/m1/s1. The van der Waals surface area contributed by atoms with Gasteiger partial charge in [-0.1, -0.05) is 35.5 Å². The van der Waals surface area contributed by atoms with Crippen molar-refractivity contribution < 1.29 is 14.4 Å². The number of nitrogens with zero attached hydrogens (tertiary/aromatic N) is 3. The summed E-state index contributed by atoms with van der Waals surface area (Å²) in [5, 5.41) is 17.1. The Balaban J connectivity index is 1.53. The molecule has 2 aromatic rings. The van der Waals surface area contributed by atoms with Crippen molar-refractivity contribution in [2.24, 2.45) is 5.92 Å². The number of hydrogen-bond acceptors (Lipinski definition) is 6. The zero-order valence-electron chi connectivity index (χ0n) is 14.6. The molecule has 1 aromatic heterocycles. The van der Waals surface area contributed by atoms with Gasteiger partial charge in [-0.15, -0.1) is 0 Å². The third-order valence-corrected chi connectivity index (χ3v) is 4.74. The first kappa shape index (κ1) is 17.6. The van der Waals surface area contributed by atoms with Crippen molar-refractivity contribution in [3.8, 4) is 0 Å². The van der Waals surface area contributed by atoms with Crippen LogP contribution in [0.4, 0.5) is 0 Å². The number of carbonyl (C=O) groups excluding carboxylic acids is 1. The van der Waals surface area contributed by atoms with Gasteiger partial charge in [0, 0.05) is 12.6 Å². The third-order valence-electron chi connectivity index (χ3n) is 4.74. The summed E-state index contributed by atoms with van der Waals surface area (Å²) in [5.74, 6) is 0.329. The summed E-state index contributed by atoms with van der Waals surface area (Å²) < 4.78 is 4.98. The molecule has 7 heteroatoms. The molecule has 0 radical (unpaired) electrons. The third kappa shape index (κ3) is 4.24. The van der Waals surface area contributed by atoms with Crippen LogP contribution in [0, 0.1) is 12.8 Å². The van der Waals surface area contributed by atoms with Crippen LogP contribution in [0.3, 0.4) is 0 Å². The summed E-state index contributed by atoms with van der Waals surface area (Å²) in [6.07, 6.45) is 0.778. The van der Waals surface area contributed by atoms with Crippen molar-refractivity contribution in [2.45, 2.75) is 45.0 Å². The number of aryl methyl sites for hydroxylation is 1. The van der Waals surface area contributed by atoms with Crippen LogP contribution in [0.25, 0.3) is 0 Å². The molecule has 1 aliphatic carbocycles. The summed E-state index contributed by atoms with van der Waals surface area (Å²) in [7, 11) is 1.99.